The predicted octanol–water partition coefficient (Wildman–Crippen LogP) is 5.46. The second-order valence-corrected chi connectivity index (χ2v) is 7.31. The van der Waals surface area contributed by atoms with Crippen molar-refractivity contribution < 1.29 is 9.59 Å². The summed E-state index contributed by atoms with van der Waals surface area (Å²) in [5.41, 5.74) is 5.07. The second-order valence-electron chi connectivity index (χ2n) is 6.46. The van der Waals surface area contributed by atoms with Gasteiger partial charge in [0.2, 0.25) is 0 Å². The van der Waals surface area contributed by atoms with Crippen molar-refractivity contribution in [1.82, 2.24) is 0 Å². The first-order chi connectivity index (χ1) is 13.2. The van der Waals surface area contributed by atoms with Crippen LogP contribution < -0.4 is 5.32 Å². The van der Waals surface area contributed by atoms with Crippen molar-refractivity contribution in [2.24, 2.45) is 0 Å². The van der Waals surface area contributed by atoms with Gasteiger partial charge < -0.3 is 5.32 Å². The van der Waals surface area contributed by atoms with Crippen LogP contribution in [0.2, 0.25) is 0 Å². The molecular weight excluding hydrogens is 354 g/mol. The Morgan fingerprint density at radius 1 is 0.926 bits per heavy atom. The maximum atomic E-state index is 12.8. The van der Waals surface area contributed by atoms with E-state index in [4.69, 9.17) is 0 Å². The number of fused-ring (bicyclic) bond motifs is 1. The van der Waals surface area contributed by atoms with Crippen LogP contribution in [0, 0.1) is 0 Å². The summed E-state index contributed by atoms with van der Waals surface area (Å²) in [4.78, 5) is 26.3. The Labute approximate surface area is 162 Å². The number of ketones is 1. The van der Waals surface area contributed by atoms with E-state index in [0.29, 0.717) is 29.7 Å². The van der Waals surface area contributed by atoms with Gasteiger partial charge in [0.05, 0.1) is 11.3 Å². The Bertz CT molecular complexity index is 1030. The molecule has 27 heavy (non-hydrogen) atoms. The van der Waals surface area contributed by atoms with Gasteiger partial charge in [-0.1, -0.05) is 48.5 Å². The summed E-state index contributed by atoms with van der Waals surface area (Å²) in [5, 5.41) is 2.97. The number of hydrogen-bond donors (Lipinski definition) is 1. The smallest absolute Gasteiger partial charge is 0.256 e. The van der Waals surface area contributed by atoms with Crippen LogP contribution >= 0.6 is 11.8 Å². The van der Waals surface area contributed by atoms with Gasteiger partial charge in [-0.25, -0.2) is 0 Å². The van der Waals surface area contributed by atoms with Gasteiger partial charge in [-0.05, 0) is 47.6 Å². The molecule has 3 nitrogen and oxygen atoms in total. The molecule has 3 aromatic carbocycles. The summed E-state index contributed by atoms with van der Waals surface area (Å²) in [7, 11) is 0. The summed E-state index contributed by atoms with van der Waals surface area (Å²) in [6.45, 7) is 0. The van der Waals surface area contributed by atoms with Crippen LogP contribution in [0.3, 0.4) is 0 Å². The third-order valence-corrected chi connectivity index (χ3v) is 5.67. The molecule has 0 saturated carbocycles. The van der Waals surface area contributed by atoms with Crippen LogP contribution in [0.4, 0.5) is 5.69 Å². The molecule has 3 aromatic rings. The number of thioether (sulfide) groups is 1. The molecule has 0 heterocycles. The van der Waals surface area contributed by atoms with E-state index in [0.717, 1.165) is 21.6 Å². The summed E-state index contributed by atoms with van der Waals surface area (Å²) in [6.07, 6.45) is 3.15. The number of Topliss-reactive ketones (excluding diaryl/α,β-unsaturated/α-hetero) is 1. The molecule has 0 aromatic heterocycles. The van der Waals surface area contributed by atoms with E-state index in [1.807, 2.05) is 73.0 Å². The topological polar surface area (TPSA) is 46.2 Å². The van der Waals surface area contributed by atoms with Crippen LogP contribution in [0.5, 0.6) is 0 Å². The van der Waals surface area contributed by atoms with Gasteiger partial charge in [0.1, 0.15) is 0 Å². The molecule has 1 N–H and O–H groups in total. The van der Waals surface area contributed by atoms with Crippen LogP contribution in [-0.4, -0.2) is 17.9 Å². The number of hydrogen-bond acceptors (Lipinski definition) is 3. The van der Waals surface area contributed by atoms with Crippen LogP contribution in [0.15, 0.2) is 71.6 Å². The van der Waals surface area contributed by atoms with Crippen molar-refractivity contribution in [3.05, 3.63) is 83.4 Å². The third-order valence-electron chi connectivity index (χ3n) is 4.88. The van der Waals surface area contributed by atoms with Gasteiger partial charge in [0.15, 0.2) is 5.78 Å². The van der Waals surface area contributed by atoms with Crippen molar-refractivity contribution in [2.75, 3.05) is 11.6 Å². The highest BCUT2D eigenvalue weighted by Crippen LogP contribution is 2.37. The summed E-state index contributed by atoms with van der Waals surface area (Å²) >= 11 is 1.53. The quantitative estimate of drug-likeness (QED) is 0.618. The molecule has 1 aliphatic rings. The van der Waals surface area contributed by atoms with Crippen molar-refractivity contribution in [1.29, 1.82) is 0 Å². The van der Waals surface area contributed by atoms with E-state index in [-0.39, 0.29) is 11.7 Å². The number of nitrogens with one attached hydrogen (secondary N) is 1. The van der Waals surface area contributed by atoms with Crippen molar-refractivity contribution in [3.63, 3.8) is 0 Å². The molecule has 4 rings (SSSR count). The van der Waals surface area contributed by atoms with Gasteiger partial charge in [0, 0.05) is 16.9 Å². The zero-order valence-electron chi connectivity index (χ0n) is 15.0. The first-order valence-corrected chi connectivity index (χ1v) is 10.1. The fourth-order valence-electron chi connectivity index (χ4n) is 3.60. The maximum absolute atomic E-state index is 12.8. The Balaban J connectivity index is 1.74. The summed E-state index contributed by atoms with van der Waals surface area (Å²) in [6, 6.07) is 21.4. The summed E-state index contributed by atoms with van der Waals surface area (Å²) in [5.74, 6) is -0.0921. The minimum absolute atomic E-state index is 0.0937. The average Bonchev–Trinajstić information content (AvgIpc) is 3.11. The lowest BCUT2D eigenvalue weighted by Crippen LogP contribution is -2.15. The second kappa shape index (κ2) is 7.41. The first-order valence-electron chi connectivity index (χ1n) is 8.88. The van der Waals surface area contributed by atoms with E-state index >= 15 is 0 Å². The van der Waals surface area contributed by atoms with Gasteiger partial charge in [-0.2, -0.15) is 0 Å². The fraction of sp³-hybridized carbons (Fsp3) is 0.130. The van der Waals surface area contributed by atoms with E-state index < -0.39 is 0 Å². The number of anilines is 1. The lowest BCUT2D eigenvalue weighted by molar-refractivity contribution is 0.0995. The normalized spacial score (nSPS) is 12.7. The van der Waals surface area contributed by atoms with E-state index in [9.17, 15) is 9.59 Å². The minimum Gasteiger partial charge on any atom is -0.321 e. The number of carbonyl (C=O) groups excluding carboxylic acids is 2. The first kappa shape index (κ1) is 17.6. The molecule has 134 valence electrons. The molecule has 4 heteroatoms. The highest BCUT2D eigenvalue weighted by Gasteiger charge is 2.27. The standard InChI is InChI=1S/C23H19NO2S/c1-27-21-10-6-5-9-18(21)23(26)24-19-13-11-16(15-7-3-2-4-8-15)17-12-14-20(25)22(17)19/h2-11,13H,12,14H2,1H3,(H,24,26). The Hall–Kier alpha value is -2.85. The highest BCUT2D eigenvalue weighted by atomic mass is 32.2. The largest absolute Gasteiger partial charge is 0.321 e. The van der Waals surface area contributed by atoms with Gasteiger partial charge in [0.25, 0.3) is 5.91 Å². The molecule has 0 radical (unpaired) electrons. The zero-order valence-corrected chi connectivity index (χ0v) is 15.8. The lowest BCUT2D eigenvalue weighted by atomic mass is 9.95. The molecule has 0 spiro atoms. The van der Waals surface area contributed by atoms with E-state index in [1.54, 1.807) is 0 Å². The Kier molecular flexibility index (Phi) is 4.82. The molecule has 0 atom stereocenters. The van der Waals surface area contributed by atoms with Crippen molar-refractivity contribution in [2.45, 2.75) is 17.7 Å². The van der Waals surface area contributed by atoms with Crippen LogP contribution in [0.1, 0.15) is 32.7 Å². The molecule has 0 saturated heterocycles. The van der Waals surface area contributed by atoms with Crippen molar-refractivity contribution >= 4 is 29.1 Å². The monoisotopic (exact) mass is 373 g/mol. The molecule has 1 aliphatic carbocycles. The average molecular weight is 373 g/mol. The number of benzene rings is 3. The number of rotatable bonds is 4. The van der Waals surface area contributed by atoms with E-state index in [2.05, 4.69) is 5.32 Å². The maximum Gasteiger partial charge on any atom is 0.256 e. The molecule has 1 amide bonds. The third kappa shape index (κ3) is 3.28. The molecule has 0 bridgehead atoms. The van der Waals surface area contributed by atoms with Crippen LogP contribution in [0.25, 0.3) is 11.1 Å². The molecule has 0 aliphatic heterocycles. The SMILES string of the molecule is CSc1ccccc1C(=O)Nc1ccc(-c2ccccc2)c2c1C(=O)CC2. The summed E-state index contributed by atoms with van der Waals surface area (Å²) < 4.78 is 0. The lowest BCUT2D eigenvalue weighted by Gasteiger charge is -2.14. The molecular formula is C23H19NO2S. The zero-order chi connectivity index (χ0) is 18.8. The van der Waals surface area contributed by atoms with Gasteiger partial charge >= 0.3 is 0 Å². The van der Waals surface area contributed by atoms with Crippen LogP contribution in [-0.2, 0) is 6.42 Å². The fourth-order valence-corrected chi connectivity index (χ4v) is 4.20. The van der Waals surface area contributed by atoms with Gasteiger partial charge in [-0.15, -0.1) is 11.8 Å². The van der Waals surface area contributed by atoms with E-state index in [1.165, 1.54) is 11.8 Å². The molecule has 0 fully saturated rings. The Morgan fingerprint density at radius 3 is 2.44 bits per heavy atom. The van der Waals surface area contributed by atoms with Crippen molar-refractivity contribution in [3.8, 4) is 11.1 Å². The predicted molar refractivity (Wildman–Crippen MR) is 111 cm³/mol. The van der Waals surface area contributed by atoms with Gasteiger partial charge in [-0.3, -0.25) is 9.59 Å². The number of carbonyl (C=O) groups is 2. The minimum atomic E-state index is -0.186. The highest BCUT2D eigenvalue weighted by molar-refractivity contribution is 7.98. The number of amides is 1. The molecule has 0 unspecified atom stereocenters. The Morgan fingerprint density at radius 2 is 1.67 bits per heavy atom.